The summed E-state index contributed by atoms with van der Waals surface area (Å²) < 4.78 is 5.19. The molecule has 0 aromatic carbocycles. The molecule has 1 aromatic heterocycles. The van der Waals surface area contributed by atoms with Crippen molar-refractivity contribution >= 4 is 29.2 Å². The van der Waals surface area contributed by atoms with E-state index in [0.717, 1.165) is 25.7 Å². The second kappa shape index (κ2) is 8.28. The molecule has 132 valence electrons. The third-order valence-corrected chi connectivity index (χ3v) is 5.41. The predicted molar refractivity (Wildman–Crippen MR) is 92.2 cm³/mol. The van der Waals surface area contributed by atoms with E-state index >= 15 is 0 Å². The molecule has 0 saturated heterocycles. The molecule has 2 rings (SSSR count). The average Bonchev–Trinajstić information content (AvgIpc) is 2.97. The first-order valence-electron chi connectivity index (χ1n) is 8.35. The lowest BCUT2D eigenvalue weighted by Gasteiger charge is -2.19. The Balaban J connectivity index is 1.94. The van der Waals surface area contributed by atoms with E-state index in [1.165, 1.54) is 28.7 Å². The summed E-state index contributed by atoms with van der Waals surface area (Å²) in [6.07, 6.45) is 3.28. The molecule has 0 radical (unpaired) electrons. The van der Waals surface area contributed by atoms with E-state index in [1.54, 1.807) is 6.92 Å². The number of aryl methyl sites for hydroxylation is 1. The minimum atomic E-state index is -1.03. The molecule has 0 saturated carbocycles. The Morgan fingerprint density at radius 3 is 2.79 bits per heavy atom. The maximum Gasteiger partial charge on any atom is 0.349 e. The number of carbonyl (C=O) groups excluding carboxylic acids is 3. The van der Waals surface area contributed by atoms with E-state index in [4.69, 9.17) is 4.74 Å². The molecule has 3 amide bonds. The largest absolute Gasteiger partial charge is 0.448 e. The smallest absolute Gasteiger partial charge is 0.349 e. The van der Waals surface area contributed by atoms with Gasteiger partial charge in [0.05, 0.1) is 0 Å². The fourth-order valence-corrected chi connectivity index (χ4v) is 3.83. The van der Waals surface area contributed by atoms with Crippen LogP contribution in [0.3, 0.4) is 0 Å². The fraction of sp³-hybridized carbons (Fsp3) is 0.588. The number of rotatable bonds is 5. The first-order valence-corrected chi connectivity index (χ1v) is 9.17. The minimum Gasteiger partial charge on any atom is -0.448 e. The molecule has 0 unspecified atom stereocenters. The second-order valence-corrected chi connectivity index (χ2v) is 7.11. The number of imide groups is 1. The van der Waals surface area contributed by atoms with Gasteiger partial charge in [0, 0.05) is 11.4 Å². The molecule has 0 aliphatic heterocycles. The number of esters is 1. The highest BCUT2D eigenvalue weighted by Gasteiger charge is 2.25. The molecule has 1 heterocycles. The maximum atomic E-state index is 12.2. The molecular weight excluding hydrogens is 328 g/mol. The van der Waals surface area contributed by atoms with E-state index in [0.29, 0.717) is 17.3 Å². The molecule has 0 spiro atoms. The molecular formula is C17H24N2O4S. The Morgan fingerprint density at radius 1 is 1.38 bits per heavy atom. The van der Waals surface area contributed by atoms with Gasteiger partial charge in [0.25, 0.3) is 5.91 Å². The van der Waals surface area contributed by atoms with Crippen molar-refractivity contribution in [2.45, 2.75) is 52.6 Å². The van der Waals surface area contributed by atoms with E-state index < -0.39 is 24.0 Å². The van der Waals surface area contributed by atoms with Gasteiger partial charge in [0.2, 0.25) is 0 Å². The lowest BCUT2D eigenvalue weighted by Crippen LogP contribution is -2.44. The summed E-state index contributed by atoms with van der Waals surface area (Å²) in [4.78, 5) is 37.2. The summed E-state index contributed by atoms with van der Waals surface area (Å²) >= 11 is 1.45. The van der Waals surface area contributed by atoms with Crippen LogP contribution in [0.1, 0.15) is 53.7 Å². The van der Waals surface area contributed by atoms with Crippen LogP contribution in [-0.2, 0) is 22.4 Å². The summed E-state index contributed by atoms with van der Waals surface area (Å²) in [5.41, 5.74) is 1.23. The first kappa shape index (κ1) is 18.4. The van der Waals surface area contributed by atoms with Crippen molar-refractivity contribution in [1.82, 2.24) is 10.6 Å². The second-order valence-electron chi connectivity index (χ2n) is 5.97. The van der Waals surface area contributed by atoms with Crippen molar-refractivity contribution in [2.24, 2.45) is 5.92 Å². The lowest BCUT2D eigenvalue weighted by molar-refractivity contribution is -0.127. The number of urea groups is 1. The van der Waals surface area contributed by atoms with E-state index in [9.17, 15) is 14.4 Å². The molecule has 0 fully saturated rings. The van der Waals surface area contributed by atoms with Gasteiger partial charge >= 0.3 is 12.0 Å². The van der Waals surface area contributed by atoms with Crippen LogP contribution in [0.25, 0.3) is 0 Å². The average molecular weight is 352 g/mol. The van der Waals surface area contributed by atoms with Crippen molar-refractivity contribution in [3.63, 3.8) is 0 Å². The number of amides is 3. The van der Waals surface area contributed by atoms with E-state index in [-0.39, 0.29) is 0 Å². The highest BCUT2D eigenvalue weighted by atomic mass is 32.1. The molecule has 1 aromatic rings. The zero-order valence-corrected chi connectivity index (χ0v) is 15.1. The Hall–Kier alpha value is -1.89. The van der Waals surface area contributed by atoms with Crippen LogP contribution < -0.4 is 10.6 Å². The van der Waals surface area contributed by atoms with Gasteiger partial charge in [-0.1, -0.05) is 13.3 Å². The standard InChI is InChI=1S/C17H24N2O4S/c1-4-11-6-7-13-12(8-11)9-14(24-13)16(21)23-10(3)15(20)19-17(22)18-5-2/h9-11H,4-8H2,1-3H3,(H2,18,19,20,22)/t10-,11-/m1/s1. The van der Waals surface area contributed by atoms with Crippen molar-refractivity contribution in [3.05, 3.63) is 21.4 Å². The third-order valence-electron chi connectivity index (χ3n) is 4.19. The number of ether oxygens (including phenoxy) is 1. The summed E-state index contributed by atoms with van der Waals surface area (Å²) in [5, 5.41) is 4.59. The van der Waals surface area contributed by atoms with Crippen molar-refractivity contribution in [2.75, 3.05) is 6.54 Å². The number of nitrogens with one attached hydrogen (secondary N) is 2. The van der Waals surface area contributed by atoms with Crippen LogP contribution in [0.5, 0.6) is 0 Å². The summed E-state index contributed by atoms with van der Waals surface area (Å²) in [5.74, 6) is -0.472. The van der Waals surface area contributed by atoms with Gasteiger partial charge in [-0.2, -0.15) is 0 Å². The Morgan fingerprint density at radius 2 is 2.12 bits per heavy atom. The zero-order valence-electron chi connectivity index (χ0n) is 14.3. The Bertz CT molecular complexity index is 626. The van der Waals surface area contributed by atoms with Gasteiger partial charge in [-0.15, -0.1) is 11.3 Å². The van der Waals surface area contributed by atoms with Crippen LogP contribution in [0.2, 0.25) is 0 Å². The lowest BCUT2D eigenvalue weighted by atomic mass is 9.87. The normalized spacial score (nSPS) is 17.5. The quantitative estimate of drug-likeness (QED) is 0.798. The molecule has 2 atom stereocenters. The van der Waals surface area contributed by atoms with Gasteiger partial charge in [0.15, 0.2) is 6.10 Å². The molecule has 2 N–H and O–H groups in total. The van der Waals surface area contributed by atoms with Gasteiger partial charge in [-0.25, -0.2) is 9.59 Å². The fourth-order valence-electron chi connectivity index (χ4n) is 2.74. The van der Waals surface area contributed by atoms with Gasteiger partial charge < -0.3 is 10.1 Å². The SMILES string of the molecule is CCNC(=O)NC(=O)[C@@H](C)OC(=O)c1cc2c(s1)CC[C@@H](CC)C2. The first-order chi connectivity index (χ1) is 11.4. The summed E-state index contributed by atoms with van der Waals surface area (Å²) in [6.45, 7) is 5.79. The molecule has 1 aliphatic rings. The maximum absolute atomic E-state index is 12.2. The van der Waals surface area contributed by atoms with Crippen LogP contribution in [0, 0.1) is 5.92 Å². The van der Waals surface area contributed by atoms with Crippen LogP contribution >= 0.6 is 11.3 Å². The molecule has 7 heteroatoms. The zero-order chi connectivity index (χ0) is 17.7. The van der Waals surface area contributed by atoms with Crippen molar-refractivity contribution < 1.29 is 19.1 Å². The van der Waals surface area contributed by atoms with E-state index in [2.05, 4.69) is 17.6 Å². The van der Waals surface area contributed by atoms with Crippen LogP contribution in [0.15, 0.2) is 6.07 Å². The molecule has 24 heavy (non-hydrogen) atoms. The Labute approximate surface area is 146 Å². The number of thiophene rings is 1. The molecule has 1 aliphatic carbocycles. The van der Waals surface area contributed by atoms with Crippen molar-refractivity contribution in [1.29, 1.82) is 0 Å². The van der Waals surface area contributed by atoms with Crippen LogP contribution in [-0.4, -0.2) is 30.6 Å². The molecule has 6 nitrogen and oxygen atoms in total. The third kappa shape index (κ3) is 4.56. The van der Waals surface area contributed by atoms with E-state index in [1.807, 2.05) is 6.07 Å². The molecule has 0 bridgehead atoms. The van der Waals surface area contributed by atoms with Crippen LogP contribution in [0.4, 0.5) is 4.79 Å². The highest BCUT2D eigenvalue weighted by molar-refractivity contribution is 7.14. The Kier molecular flexibility index (Phi) is 6.36. The number of hydrogen-bond donors (Lipinski definition) is 2. The highest BCUT2D eigenvalue weighted by Crippen LogP contribution is 2.33. The number of hydrogen-bond acceptors (Lipinski definition) is 5. The minimum absolute atomic E-state index is 0.410. The van der Waals surface area contributed by atoms with Gasteiger partial charge in [-0.05, 0) is 50.7 Å². The summed E-state index contributed by atoms with van der Waals surface area (Å²) in [6, 6.07) is 1.29. The predicted octanol–water partition coefficient (Wildman–Crippen LogP) is 2.65. The van der Waals surface area contributed by atoms with Gasteiger partial charge in [-0.3, -0.25) is 10.1 Å². The topological polar surface area (TPSA) is 84.5 Å². The number of carbonyl (C=O) groups is 3. The van der Waals surface area contributed by atoms with Gasteiger partial charge in [0.1, 0.15) is 4.88 Å². The number of fused-ring (bicyclic) bond motifs is 1. The summed E-state index contributed by atoms with van der Waals surface area (Å²) in [7, 11) is 0. The monoisotopic (exact) mass is 352 g/mol. The van der Waals surface area contributed by atoms with Crippen molar-refractivity contribution in [3.8, 4) is 0 Å².